The maximum absolute atomic E-state index is 5.65. The molecular weight excluding hydrogens is 252 g/mol. The molecule has 1 unspecified atom stereocenters. The summed E-state index contributed by atoms with van der Waals surface area (Å²) in [6, 6.07) is 2.30. The molecule has 0 aromatic carbocycles. The minimum Gasteiger partial charge on any atom is -0.378 e. The number of nitrogens with zero attached hydrogens (tertiary/aromatic N) is 3. The number of nitrogens with one attached hydrogen (secondary N) is 1. The molecule has 1 aliphatic heterocycles. The first-order valence-electron chi connectivity index (χ1n) is 6.97. The lowest BCUT2D eigenvalue weighted by Gasteiger charge is -2.35. The van der Waals surface area contributed by atoms with Gasteiger partial charge in [-0.05, 0) is 36.6 Å². The number of pyridine rings is 1. The molecule has 3 rings (SSSR count). The van der Waals surface area contributed by atoms with Crippen molar-refractivity contribution < 1.29 is 4.74 Å². The molecule has 0 amide bonds. The van der Waals surface area contributed by atoms with Crippen LogP contribution in [0.15, 0.2) is 24.7 Å². The zero-order valence-corrected chi connectivity index (χ0v) is 12.0. The quantitative estimate of drug-likeness (QED) is 0.928. The molecule has 1 saturated heterocycles. The van der Waals surface area contributed by atoms with Gasteiger partial charge >= 0.3 is 0 Å². The van der Waals surface area contributed by atoms with E-state index in [0.29, 0.717) is 6.61 Å². The fourth-order valence-corrected chi connectivity index (χ4v) is 2.67. The minimum atomic E-state index is 0.242. The third-order valence-corrected chi connectivity index (χ3v) is 3.96. The summed E-state index contributed by atoms with van der Waals surface area (Å²) in [6.07, 6.45) is 5.67. The van der Waals surface area contributed by atoms with E-state index in [1.807, 2.05) is 18.6 Å². The smallest absolute Gasteiger partial charge is 0.0758 e. The number of hydrogen-bond donors (Lipinski definition) is 1. The van der Waals surface area contributed by atoms with Crippen molar-refractivity contribution in [2.75, 3.05) is 19.8 Å². The van der Waals surface area contributed by atoms with Crippen LogP contribution in [-0.2, 0) is 11.3 Å². The summed E-state index contributed by atoms with van der Waals surface area (Å²) in [5, 5.41) is 7.25. The third-order valence-electron chi connectivity index (χ3n) is 3.96. The van der Waals surface area contributed by atoms with Crippen LogP contribution in [0.2, 0.25) is 0 Å². The van der Waals surface area contributed by atoms with Gasteiger partial charge in [0, 0.05) is 25.5 Å². The molecule has 0 aliphatic carbocycles. The number of aromatic amines is 1. The average Bonchev–Trinajstić information content (AvgIpc) is 2.88. The van der Waals surface area contributed by atoms with Gasteiger partial charge in [-0.3, -0.25) is 15.0 Å². The van der Waals surface area contributed by atoms with Crippen molar-refractivity contribution in [1.82, 2.24) is 20.1 Å². The molecule has 1 atom stereocenters. The van der Waals surface area contributed by atoms with Crippen molar-refractivity contribution in [3.63, 3.8) is 0 Å². The van der Waals surface area contributed by atoms with Gasteiger partial charge in [-0.25, -0.2) is 0 Å². The van der Waals surface area contributed by atoms with Gasteiger partial charge in [-0.2, -0.15) is 5.10 Å². The number of H-pyrrole nitrogens is 1. The number of morpholine rings is 1. The maximum Gasteiger partial charge on any atom is 0.0758 e. The summed E-state index contributed by atoms with van der Waals surface area (Å²) < 4.78 is 5.65. The van der Waals surface area contributed by atoms with Crippen molar-refractivity contribution in [2.24, 2.45) is 0 Å². The van der Waals surface area contributed by atoms with Crippen LogP contribution in [0.25, 0.3) is 0 Å². The van der Waals surface area contributed by atoms with E-state index in [-0.39, 0.29) is 6.04 Å². The van der Waals surface area contributed by atoms with Gasteiger partial charge in [-0.15, -0.1) is 0 Å². The van der Waals surface area contributed by atoms with Crippen molar-refractivity contribution in [1.29, 1.82) is 0 Å². The molecule has 0 bridgehead atoms. The molecule has 20 heavy (non-hydrogen) atoms. The highest BCUT2D eigenvalue weighted by Crippen LogP contribution is 2.26. The number of ether oxygens (including phenoxy) is 1. The van der Waals surface area contributed by atoms with Gasteiger partial charge in [-0.1, -0.05) is 0 Å². The molecule has 2 aromatic rings. The number of aromatic nitrogens is 3. The topological polar surface area (TPSA) is 54.0 Å². The Balaban J connectivity index is 1.83. The van der Waals surface area contributed by atoms with E-state index >= 15 is 0 Å². The monoisotopic (exact) mass is 272 g/mol. The third kappa shape index (κ3) is 2.59. The van der Waals surface area contributed by atoms with Gasteiger partial charge < -0.3 is 4.74 Å². The van der Waals surface area contributed by atoms with Crippen LogP contribution in [0.4, 0.5) is 0 Å². The van der Waals surface area contributed by atoms with Crippen LogP contribution in [-0.4, -0.2) is 39.8 Å². The first kappa shape index (κ1) is 13.3. The van der Waals surface area contributed by atoms with E-state index < -0.39 is 0 Å². The molecule has 1 N–H and O–H groups in total. The molecule has 5 heteroatoms. The molecular formula is C15H20N4O. The molecule has 1 fully saturated rings. The zero-order valence-electron chi connectivity index (χ0n) is 12.0. The second-order valence-corrected chi connectivity index (χ2v) is 5.33. The Morgan fingerprint density at radius 1 is 1.35 bits per heavy atom. The lowest BCUT2D eigenvalue weighted by Crippen LogP contribution is -2.39. The first-order chi connectivity index (χ1) is 9.75. The SMILES string of the molecule is Cc1ccncc1CN1CCOCC1c1[nH]ncc1C. The summed E-state index contributed by atoms with van der Waals surface area (Å²) in [6.45, 7) is 7.53. The zero-order chi connectivity index (χ0) is 13.9. The highest BCUT2D eigenvalue weighted by atomic mass is 16.5. The Bertz CT molecular complexity index is 581. The first-order valence-corrected chi connectivity index (χ1v) is 6.97. The Hall–Kier alpha value is -1.72. The molecule has 0 radical (unpaired) electrons. The highest BCUT2D eigenvalue weighted by molar-refractivity contribution is 5.23. The molecule has 3 heterocycles. The lowest BCUT2D eigenvalue weighted by atomic mass is 10.1. The van der Waals surface area contributed by atoms with Crippen molar-refractivity contribution in [3.05, 3.63) is 47.0 Å². The van der Waals surface area contributed by atoms with Crippen LogP contribution in [0, 0.1) is 13.8 Å². The van der Waals surface area contributed by atoms with Crippen molar-refractivity contribution in [3.8, 4) is 0 Å². The largest absolute Gasteiger partial charge is 0.378 e. The number of rotatable bonds is 3. The van der Waals surface area contributed by atoms with Crippen LogP contribution < -0.4 is 0 Å². The fourth-order valence-electron chi connectivity index (χ4n) is 2.67. The van der Waals surface area contributed by atoms with Crippen molar-refractivity contribution >= 4 is 0 Å². The van der Waals surface area contributed by atoms with Crippen LogP contribution in [0.1, 0.15) is 28.4 Å². The summed E-state index contributed by atoms with van der Waals surface area (Å²) in [4.78, 5) is 6.68. The van der Waals surface area contributed by atoms with Gasteiger partial charge in [0.1, 0.15) is 0 Å². The Labute approximate surface area is 119 Å². The Kier molecular flexibility index (Phi) is 3.80. The van der Waals surface area contributed by atoms with Crippen LogP contribution >= 0.6 is 0 Å². The van der Waals surface area contributed by atoms with Gasteiger partial charge in [0.2, 0.25) is 0 Å². The molecule has 106 valence electrons. The summed E-state index contributed by atoms with van der Waals surface area (Å²) in [5.41, 5.74) is 4.91. The Morgan fingerprint density at radius 2 is 2.25 bits per heavy atom. The normalized spacial score (nSPS) is 20.2. The summed E-state index contributed by atoms with van der Waals surface area (Å²) >= 11 is 0. The summed E-state index contributed by atoms with van der Waals surface area (Å²) in [7, 11) is 0. The summed E-state index contributed by atoms with van der Waals surface area (Å²) in [5.74, 6) is 0. The number of hydrogen-bond acceptors (Lipinski definition) is 4. The average molecular weight is 272 g/mol. The second kappa shape index (κ2) is 5.73. The van der Waals surface area contributed by atoms with E-state index in [4.69, 9.17) is 4.74 Å². The van der Waals surface area contributed by atoms with Gasteiger partial charge in [0.05, 0.1) is 31.1 Å². The van der Waals surface area contributed by atoms with E-state index in [9.17, 15) is 0 Å². The predicted molar refractivity (Wildman–Crippen MR) is 76.3 cm³/mol. The number of aryl methyl sites for hydroxylation is 2. The van der Waals surface area contributed by atoms with Crippen molar-refractivity contribution in [2.45, 2.75) is 26.4 Å². The predicted octanol–water partition coefficient (Wildman–Crippen LogP) is 2.00. The van der Waals surface area contributed by atoms with E-state index in [1.165, 1.54) is 16.7 Å². The van der Waals surface area contributed by atoms with Crippen LogP contribution in [0.5, 0.6) is 0 Å². The molecule has 1 aliphatic rings. The van der Waals surface area contributed by atoms with Gasteiger partial charge in [0.15, 0.2) is 0 Å². The maximum atomic E-state index is 5.65. The van der Waals surface area contributed by atoms with Crippen LogP contribution in [0.3, 0.4) is 0 Å². The molecule has 5 nitrogen and oxygen atoms in total. The highest BCUT2D eigenvalue weighted by Gasteiger charge is 2.27. The molecule has 2 aromatic heterocycles. The molecule has 0 saturated carbocycles. The van der Waals surface area contributed by atoms with Gasteiger partial charge in [0.25, 0.3) is 0 Å². The lowest BCUT2D eigenvalue weighted by molar-refractivity contribution is -0.0146. The van der Waals surface area contributed by atoms with E-state index in [1.54, 1.807) is 0 Å². The van der Waals surface area contributed by atoms with E-state index in [0.717, 1.165) is 25.4 Å². The Morgan fingerprint density at radius 3 is 3.00 bits per heavy atom. The second-order valence-electron chi connectivity index (χ2n) is 5.33. The standard InChI is InChI=1S/C15H20N4O/c1-11-3-4-16-8-13(11)9-19-5-6-20-10-14(19)15-12(2)7-17-18-15/h3-4,7-8,14H,5-6,9-10H2,1-2H3,(H,17,18). The van der Waals surface area contributed by atoms with E-state index in [2.05, 4.69) is 40.0 Å². The molecule has 0 spiro atoms. The fraction of sp³-hybridized carbons (Fsp3) is 0.467. The minimum absolute atomic E-state index is 0.242.